The number of benzene rings is 2. The van der Waals surface area contributed by atoms with E-state index in [4.69, 9.17) is 4.42 Å². The molecular weight excluding hydrogens is 514 g/mol. The second kappa shape index (κ2) is 10.4. The SMILES string of the molecule is CC(c1ccccc1C#CCN1CCCC1)n1c(=O)oc2cc(S(=O)(=O)Nc3cccc(F)n3)c(F)cc21. The van der Waals surface area contributed by atoms with Gasteiger partial charge in [-0.3, -0.25) is 14.2 Å². The Kier molecular flexibility index (Phi) is 7.01. The van der Waals surface area contributed by atoms with Gasteiger partial charge in [-0.2, -0.15) is 4.39 Å². The number of anilines is 1. The third kappa shape index (κ3) is 5.18. The van der Waals surface area contributed by atoms with E-state index in [0.717, 1.165) is 42.4 Å². The number of nitrogens with one attached hydrogen (secondary N) is 1. The molecule has 5 rings (SSSR count). The third-order valence-electron chi connectivity index (χ3n) is 6.43. The van der Waals surface area contributed by atoms with Crippen molar-refractivity contribution in [3.8, 4) is 11.8 Å². The van der Waals surface area contributed by atoms with Gasteiger partial charge in [-0.1, -0.05) is 36.1 Å². The Morgan fingerprint density at radius 1 is 1.11 bits per heavy atom. The van der Waals surface area contributed by atoms with E-state index in [1.165, 1.54) is 29.5 Å². The molecule has 8 nitrogen and oxygen atoms in total. The van der Waals surface area contributed by atoms with Crippen LogP contribution in [0.3, 0.4) is 0 Å². The van der Waals surface area contributed by atoms with Gasteiger partial charge in [0.15, 0.2) is 5.58 Å². The van der Waals surface area contributed by atoms with Gasteiger partial charge in [-0.05, 0) is 56.6 Å². The number of fused-ring (bicyclic) bond motifs is 1. The van der Waals surface area contributed by atoms with Crippen LogP contribution in [0.15, 0.2) is 68.7 Å². The zero-order valence-electron chi connectivity index (χ0n) is 20.4. The smallest absolute Gasteiger partial charge is 0.408 e. The summed E-state index contributed by atoms with van der Waals surface area (Å²) in [5, 5.41) is 0. The zero-order chi connectivity index (χ0) is 26.9. The van der Waals surface area contributed by atoms with Crippen molar-refractivity contribution in [2.75, 3.05) is 24.4 Å². The number of halogens is 2. The first-order valence-corrected chi connectivity index (χ1v) is 13.5. The minimum atomic E-state index is -4.50. The van der Waals surface area contributed by atoms with Crippen LogP contribution in [0.1, 0.15) is 36.9 Å². The first-order chi connectivity index (χ1) is 18.2. The Morgan fingerprint density at radius 3 is 2.63 bits per heavy atom. The first kappa shape index (κ1) is 25.6. The van der Waals surface area contributed by atoms with Gasteiger partial charge < -0.3 is 4.42 Å². The summed E-state index contributed by atoms with van der Waals surface area (Å²) in [5.41, 5.74) is 1.44. The fourth-order valence-electron chi connectivity index (χ4n) is 4.57. The summed E-state index contributed by atoms with van der Waals surface area (Å²) in [4.78, 5) is 17.8. The van der Waals surface area contributed by atoms with Gasteiger partial charge in [-0.15, -0.1) is 0 Å². The molecule has 1 aliphatic rings. The van der Waals surface area contributed by atoms with E-state index in [2.05, 4.69) is 21.7 Å². The fraction of sp³-hybridized carbons (Fsp3) is 0.259. The van der Waals surface area contributed by atoms with Crippen molar-refractivity contribution in [2.45, 2.75) is 30.7 Å². The quantitative estimate of drug-likeness (QED) is 0.293. The number of sulfonamides is 1. The van der Waals surface area contributed by atoms with Gasteiger partial charge in [-0.25, -0.2) is 22.6 Å². The Morgan fingerprint density at radius 2 is 1.87 bits per heavy atom. The number of likely N-dealkylation sites (tertiary alicyclic amines) is 1. The molecule has 0 spiro atoms. The Balaban J connectivity index is 1.49. The standard InChI is InChI=1S/C27H24F2N4O4S/c1-18(20-10-3-2-8-19(20)9-7-15-32-13-4-5-14-32)33-22-16-21(28)24(17-23(22)37-27(33)34)38(35,36)31-26-12-6-11-25(29)30-26/h2-3,6,8,10-12,16-18H,4-5,13-15H2,1H3,(H,30,31). The lowest BCUT2D eigenvalue weighted by molar-refractivity contribution is 0.383. The van der Waals surface area contributed by atoms with Crippen molar-refractivity contribution in [1.82, 2.24) is 14.5 Å². The lowest BCUT2D eigenvalue weighted by Gasteiger charge is -2.16. The van der Waals surface area contributed by atoms with E-state index in [1.807, 2.05) is 29.0 Å². The monoisotopic (exact) mass is 538 g/mol. The van der Waals surface area contributed by atoms with Gasteiger partial charge in [0.1, 0.15) is 16.5 Å². The van der Waals surface area contributed by atoms with Crippen LogP contribution in [0.2, 0.25) is 0 Å². The molecule has 196 valence electrons. The average molecular weight is 539 g/mol. The molecule has 11 heteroatoms. The van der Waals surface area contributed by atoms with Gasteiger partial charge >= 0.3 is 5.76 Å². The van der Waals surface area contributed by atoms with Crippen LogP contribution < -0.4 is 10.5 Å². The molecule has 0 bridgehead atoms. The number of rotatable bonds is 6. The highest BCUT2D eigenvalue weighted by molar-refractivity contribution is 7.92. The van der Waals surface area contributed by atoms with Crippen molar-refractivity contribution < 1.29 is 21.6 Å². The topological polar surface area (TPSA) is 97.4 Å². The van der Waals surface area contributed by atoms with E-state index in [1.54, 1.807) is 6.92 Å². The molecule has 0 amide bonds. The van der Waals surface area contributed by atoms with Crippen LogP contribution >= 0.6 is 0 Å². The second-order valence-electron chi connectivity index (χ2n) is 8.99. The average Bonchev–Trinajstić information content (AvgIpc) is 3.50. The van der Waals surface area contributed by atoms with Gasteiger partial charge in [0, 0.05) is 17.7 Å². The molecule has 1 unspecified atom stereocenters. The lowest BCUT2D eigenvalue weighted by Crippen LogP contribution is -2.20. The van der Waals surface area contributed by atoms with Crippen molar-refractivity contribution in [2.24, 2.45) is 0 Å². The molecule has 0 aliphatic carbocycles. The summed E-state index contributed by atoms with van der Waals surface area (Å²) in [6.07, 6.45) is 2.34. The molecule has 0 saturated carbocycles. The number of nitrogens with zero attached hydrogens (tertiary/aromatic N) is 3. The number of hydrogen-bond acceptors (Lipinski definition) is 6. The molecule has 0 radical (unpaired) electrons. The van der Waals surface area contributed by atoms with Crippen molar-refractivity contribution in [3.05, 3.63) is 88.0 Å². The highest BCUT2D eigenvalue weighted by Crippen LogP contribution is 2.28. The van der Waals surface area contributed by atoms with E-state index in [-0.39, 0.29) is 16.9 Å². The molecule has 1 saturated heterocycles. The summed E-state index contributed by atoms with van der Waals surface area (Å²) in [6.45, 7) is 4.47. The maximum Gasteiger partial charge on any atom is 0.420 e. The summed E-state index contributed by atoms with van der Waals surface area (Å²) >= 11 is 0. The van der Waals surface area contributed by atoms with E-state index in [9.17, 15) is 17.6 Å². The zero-order valence-corrected chi connectivity index (χ0v) is 21.3. The number of aromatic nitrogens is 2. The van der Waals surface area contributed by atoms with Crippen LogP contribution in [0.5, 0.6) is 0 Å². The Bertz CT molecular complexity index is 1730. The summed E-state index contributed by atoms with van der Waals surface area (Å²) in [6, 6.07) is 12.2. The molecule has 4 aromatic rings. The van der Waals surface area contributed by atoms with Crippen LogP contribution in [0.4, 0.5) is 14.6 Å². The highest BCUT2D eigenvalue weighted by atomic mass is 32.2. The van der Waals surface area contributed by atoms with Gasteiger partial charge in [0.25, 0.3) is 10.0 Å². The maximum absolute atomic E-state index is 15.1. The molecule has 3 heterocycles. The second-order valence-corrected chi connectivity index (χ2v) is 10.6. The molecule has 1 fully saturated rings. The van der Waals surface area contributed by atoms with E-state index in [0.29, 0.717) is 6.54 Å². The minimum absolute atomic E-state index is 0.0858. The van der Waals surface area contributed by atoms with E-state index >= 15 is 4.39 Å². The van der Waals surface area contributed by atoms with Crippen LogP contribution in [-0.2, 0) is 10.0 Å². The van der Waals surface area contributed by atoms with Crippen LogP contribution in [-0.4, -0.2) is 42.5 Å². The summed E-state index contributed by atoms with van der Waals surface area (Å²) in [7, 11) is -4.50. The van der Waals surface area contributed by atoms with Gasteiger partial charge in [0.05, 0.1) is 18.1 Å². The number of oxazole rings is 1. The van der Waals surface area contributed by atoms with Crippen LogP contribution in [0.25, 0.3) is 11.1 Å². The lowest BCUT2D eigenvalue weighted by atomic mass is 10.0. The van der Waals surface area contributed by atoms with Crippen molar-refractivity contribution in [1.29, 1.82) is 0 Å². The molecule has 38 heavy (non-hydrogen) atoms. The van der Waals surface area contributed by atoms with Gasteiger partial charge in [0.2, 0.25) is 5.95 Å². The molecule has 1 N–H and O–H groups in total. The van der Waals surface area contributed by atoms with E-state index < -0.39 is 38.5 Å². The normalized spacial score (nSPS) is 14.8. The van der Waals surface area contributed by atoms with Crippen LogP contribution in [0, 0.1) is 23.6 Å². The Labute approximate surface area is 218 Å². The highest BCUT2D eigenvalue weighted by Gasteiger charge is 2.25. The Hall–Kier alpha value is -4.01. The largest absolute Gasteiger partial charge is 0.420 e. The predicted octanol–water partition coefficient (Wildman–Crippen LogP) is 4.13. The molecule has 1 aliphatic heterocycles. The number of pyridine rings is 1. The third-order valence-corrected chi connectivity index (χ3v) is 7.80. The minimum Gasteiger partial charge on any atom is -0.408 e. The number of hydrogen-bond donors (Lipinski definition) is 1. The molecule has 2 aromatic carbocycles. The first-order valence-electron chi connectivity index (χ1n) is 12.0. The molecule has 2 aromatic heterocycles. The van der Waals surface area contributed by atoms with Crippen molar-refractivity contribution >= 4 is 26.9 Å². The molecular formula is C27H24F2N4O4S. The molecule has 1 atom stereocenters. The summed E-state index contributed by atoms with van der Waals surface area (Å²) < 4.78 is 62.8. The summed E-state index contributed by atoms with van der Waals surface area (Å²) in [5.74, 6) is 3.27. The van der Waals surface area contributed by atoms with Crippen molar-refractivity contribution in [3.63, 3.8) is 0 Å². The predicted molar refractivity (Wildman–Crippen MR) is 138 cm³/mol. The fourth-order valence-corrected chi connectivity index (χ4v) is 5.64. The maximum atomic E-state index is 15.1.